The molecule has 1 aliphatic carbocycles. The first-order chi connectivity index (χ1) is 13.0. The first-order valence-corrected chi connectivity index (χ1v) is 9.00. The predicted molar refractivity (Wildman–Crippen MR) is 103 cm³/mol. The second kappa shape index (κ2) is 6.53. The van der Waals surface area contributed by atoms with Gasteiger partial charge in [-0.25, -0.2) is 0 Å². The maximum Gasteiger partial charge on any atom is 0.203 e. The van der Waals surface area contributed by atoms with Gasteiger partial charge >= 0.3 is 0 Å². The molecule has 0 saturated heterocycles. The van der Waals surface area contributed by atoms with Gasteiger partial charge in [0, 0.05) is 23.7 Å². The lowest BCUT2D eigenvalue weighted by Crippen LogP contribution is -2.35. The van der Waals surface area contributed by atoms with Crippen LogP contribution in [0.2, 0.25) is 0 Å². The monoisotopic (exact) mass is 371 g/mol. The van der Waals surface area contributed by atoms with Crippen LogP contribution in [0.15, 0.2) is 12.1 Å². The van der Waals surface area contributed by atoms with E-state index in [1.54, 1.807) is 21.3 Å². The van der Waals surface area contributed by atoms with Crippen molar-refractivity contribution in [2.45, 2.75) is 18.9 Å². The minimum atomic E-state index is 0.0762. The van der Waals surface area contributed by atoms with E-state index in [4.69, 9.17) is 18.9 Å². The number of phenolic OH excluding ortho intramolecular Hbond substituents is 1. The van der Waals surface area contributed by atoms with E-state index in [9.17, 15) is 5.11 Å². The molecule has 1 N–H and O–H groups in total. The van der Waals surface area contributed by atoms with Gasteiger partial charge in [0.25, 0.3) is 0 Å². The molecular formula is C21H25NO5. The molecule has 1 heterocycles. The third-order valence-electron chi connectivity index (χ3n) is 5.78. The van der Waals surface area contributed by atoms with E-state index in [0.717, 1.165) is 36.1 Å². The summed E-state index contributed by atoms with van der Waals surface area (Å²) in [4.78, 5) is 2.36. The standard InChI is InChI=1S/C21H25NO5/c1-22-7-6-11-9-14(24-2)20(26-4)18-16(11)13(22)8-12-10-15(25-3)21(27-5)19(23)17(12)18/h9-10,13,23H,6-8H2,1-5H3/t13-/m1/s1. The van der Waals surface area contributed by atoms with Crippen molar-refractivity contribution in [2.24, 2.45) is 0 Å². The number of likely N-dealkylation sites (N-methyl/N-ethyl adjacent to an activating group) is 1. The summed E-state index contributed by atoms with van der Waals surface area (Å²) in [5, 5.41) is 11.1. The topological polar surface area (TPSA) is 60.4 Å². The number of rotatable bonds is 4. The smallest absolute Gasteiger partial charge is 0.203 e. The van der Waals surface area contributed by atoms with Gasteiger partial charge in [0.2, 0.25) is 5.75 Å². The SMILES string of the molecule is COc1cc2c(c(O)c1OC)-c1c(OC)c(OC)cc3c1[C@@H](C2)N(C)CC3. The molecule has 144 valence electrons. The molecule has 0 bridgehead atoms. The Morgan fingerprint density at radius 3 is 2.15 bits per heavy atom. The molecule has 27 heavy (non-hydrogen) atoms. The molecule has 6 heteroatoms. The number of hydrogen-bond acceptors (Lipinski definition) is 6. The zero-order valence-electron chi connectivity index (χ0n) is 16.4. The second-order valence-electron chi connectivity index (χ2n) is 7.01. The number of benzene rings is 2. The number of hydrogen-bond donors (Lipinski definition) is 1. The molecule has 4 rings (SSSR count). The van der Waals surface area contributed by atoms with Crippen LogP contribution >= 0.6 is 0 Å². The molecule has 6 nitrogen and oxygen atoms in total. The van der Waals surface area contributed by atoms with E-state index in [-0.39, 0.29) is 11.8 Å². The first-order valence-electron chi connectivity index (χ1n) is 9.00. The molecule has 1 aliphatic heterocycles. The fourth-order valence-electron chi connectivity index (χ4n) is 4.50. The summed E-state index contributed by atoms with van der Waals surface area (Å²) < 4.78 is 22.3. The predicted octanol–water partition coefficient (Wildman–Crippen LogP) is 3.18. The van der Waals surface area contributed by atoms with E-state index in [0.29, 0.717) is 23.0 Å². The highest BCUT2D eigenvalue weighted by atomic mass is 16.5. The van der Waals surface area contributed by atoms with Crippen LogP contribution in [-0.4, -0.2) is 52.0 Å². The molecule has 0 saturated carbocycles. The van der Waals surface area contributed by atoms with Gasteiger partial charge in [0.1, 0.15) is 0 Å². The number of nitrogens with zero attached hydrogens (tertiary/aromatic N) is 1. The number of aromatic hydroxyl groups is 1. The molecule has 0 aromatic heterocycles. The maximum absolute atomic E-state index is 11.1. The molecule has 0 unspecified atom stereocenters. The Kier molecular flexibility index (Phi) is 4.30. The Hall–Kier alpha value is -2.60. The molecule has 0 spiro atoms. The van der Waals surface area contributed by atoms with E-state index < -0.39 is 0 Å². The van der Waals surface area contributed by atoms with Crippen LogP contribution in [0.1, 0.15) is 22.7 Å². The Balaban J connectivity index is 2.12. The third-order valence-corrected chi connectivity index (χ3v) is 5.78. The normalized spacial score (nSPS) is 17.7. The first kappa shape index (κ1) is 17.8. The van der Waals surface area contributed by atoms with Gasteiger partial charge < -0.3 is 24.1 Å². The summed E-state index contributed by atoms with van der Waals surface area (Å²) in [6.07, 6.45) is 1.72. The van der Waals surface area contributed by atoms with Crippen molar-refractivity contribution in [1.82, 2.24) is 4.90 Å². The molecule has 0 fully saturated rings. The lowest BCUT2D eigenvalue weighted by Gasteiger charge is -2.40. The summed E-state index contributed by atoms with van der Waals surface area (Å²) >= 11 is 0. The minimum Gasteiger partial charge on any atom is -0.504 e. The van der Waals surface area contributed by atoms with Gasteiger partial charge in [-0.15, -0.1) is 0 Å². The number of fused-ring (bicyclic) bond motifs is 2. The van der Waals surface area contributed by atoms with Gasteiger partial charge in [-0.05, 0) is 48.7 Å². The van der Waals surface area contributed by atoms with Crippen LogP contribution < -0.4 is 18.9 Å². The number of phenols is 1. The number of ether oxygens (including phenoxy) is 4. The van der Waals surface area contributed by atoms with Crippen molar-refractivity contribution in [1.29, 1.82) is 0 Å². The van der Waals surface area contributed by atoms with E-state index in [1.165, 1.54) is 18.2 Å². The van der Waals surface area contributed by atoms with Crippen LogP contribution in [0.3, 0.4) is 0 Å². The highest BCUT2D eigenvalue weighted by Gasteiger charge is 2.38. The van der Waals surface area contributed by atoms with E-state index in [2.05, 4.69) is 18.0 Å². The Morgan fingerprint density at radius 2 is 1.52 bits per heavy atom. The highest BCUT2D eigenvalue weighted by molar-refractivity contribution is 5.89. The van der Waals surface area contributed by atoms with E-state index >= 15 is 0 Å². The average molecular weight is 371 g/mol. The Morgan fingerprint density at radius 1 is 0.889 bits per heavy atom. The molecule has 2 aliphatic rings. The maximum atomic E-state index is 11.1. The lowest BCUT2D eigenvalue weighted by atomic mass is 9.76. The average Bonchev–Trinajstić information content (AvgIpc) is 2.69. The quantitative estimate of drug-likeness (QED) is 0.891. The van der Waals surface area contributed by atoms with Gasteiger partial charge in [0.15, 0.2) is 23.0 Å². The fraction of sp³-hybridized carbons (Fsp3) is 0.429. The molecule has 0 radical (unpaired) electrons. The summed E-state index contributed by atoms with van der Waals surface area (Å²) in [7, 11) is 8.52. The summed E-state index contributed by atoms with van der Waals surface area (Å²) in [5.41, 5.74) is 5.09. The van der Waals surface area contributed by atoms with Crippen LogP contribution in [0.5, 0.6) is 28.7 Å². The van der Waals surface area contributed by atoms with Gasteiger partial charge in [0.05, 0.1) is 28.4 Å². The lowest BCUT2D eigenvalue weighted by molar-refractivity contribution is 0.226. The third kappa shape index (κ3) is 2.43. The number of methoxy groups -OCH3 is 4. The Bertz CT molecular complexity index is 908. The molecular weight excluding hydrogens is 346 g/mol. The van der Waals surface area contributed by atoms with Crippen LogP contribution in [-0.2, 0) is 12.8 Å². The van der Waals surface area contributed by atoms with Crippen molar-refractivity contribution in [2.75, 3.05) is 42.0 Å². The van der Waals surface area contributed by atoms with Crippen LogP contribution in [0.25, 0.3) is 11.1 Å². The Labute approximate surface area is 159 Å². The van der Waals surface area contributed by atoms with E-state index in [1.807, 2.05) is 6.07 Å². The molecule has 1 atom stereocenters. The van der Waals surface area contributed by atoms with Gasteiger partial charge in [-0.2, -0.15) is 0 Å². The summed E-state index contributed by atoms with van der Waals surface area (Å²) in [6, 6.07) is 4.24. The van der Waals surface area contributed by atoms with Crippen molar-refractivity contribution in [3.8, 4) is 39.9 Å². The van der Waals surface area contributed by atoms with Crippen molar-refractivity contribution >= 4 is 0 Å². The van der Waals surface area contributed by atoms with Crippen LogP contribution in [0.4, 0.5) is 0 Å². The molecule has 0 amide bonds. The zero-order valence-corrected chi connectivity index (χ0v) is 16.4. The summed E-state index contributed by atoms with van der Waals surface area (Å²) in [5.74, 6) is 2.25. The minimum absolute atomic E-state index is 0.0762. The van der Waals surface area contributed by atoms with Gasteiger partial charge in [-0.1, -0.05) is 0 Å². The fourth-order valence-corrected chi connectivity index (χ4v) is 4.50. The second-order valence-corrected chi connectivity index (χ2v) is 7.01. The van der Waals surface area contributed by atoms with Crippen molar-refractivity contribution in [3.05, 3.63) is 28.8 Å². The zero-order chi connectivity index (χ0) is 19.3. The van der Waals surface area contributed by atoms with Crippen molar-refractivity contribution < 1.29 is 24.1 Å². The van der Waals surface area contributed by atoms with Crippen molar-refractivity contribution in [3.63, 3.8) is 0 Å². The van der Waals surface area contributed by atoms with Crippen LogP contribution in [0, 0.1) is 0 Å². The largest absolute Gasteiger partial charge is 0.504 e. The molecule has 2 aromatic carbocycles. The molecule has 2 aromatic rings. The highest BCUT2D eigenvalue weighted by Crippen LogP contribution is 2.57. The van der Waals surface area contributed by atoms with Gasteiger partial charge in [-0.3, -0.25) is 4.90 Å². The summed E-state index contributed by atoms with van der Waals surface area (Å²) in [6.45, 7) is 0.973.